The molecular formula is C6H6N2O2. The van der Waals surface area contributed by atoms with Crippen molar-refractivity contribution >= 4 is 5.69 Å². The third-order valence-electron chi connectivity index (χ3n) is 1.08. The minimum absolute atomic E-state index is 0.0371. The van der Waals surface area contributed by atoms with Gasteiger partial charge < -0.3 is 10.2 Å². The molecule has 10 heavy (non-hydrogen) atoms. The summed E-state index contributed by atoms with van der Waals surface area (Å²) in [6.45, 7) is 0. The monoisotopic (exact) mass is 138 g/mol. The average molecular weight is 138 g/mol. The summed E-state index contributed by atoms with van der Waals surface area (Å²) in [4.78, 5) is 0. The van der Waals surface area contributed by atoms with Crippen molar-refractivity contribution in [2.45, 2.75) is 0 Å². The second kappa shape index (κ2) is 2.34. The van der Waals surface area contributed by atoms with E-state index in [2.05, 4.69) is 5.11 Å². The molecule has 1 aromatic rings. The lowest BCUT2D eigenvalue weighted by atomic mass is 10.3. The van der Waals surface area contributed by atoms with Gasteiger partial charge in [-0.2, -0.15) is 5.11 Å². The fourth-order valence-corrected chi connectivity index (χ4v) is 0.606. The molecule has 0 aliphatic rings. The molecule has 1 rings (SSSR count). The maximum absolute atomic E-state index is 8.92. The lowest BCUT2D eigenvalue weighted by Crippen LogP contribution is -1.66. The molecule has 3 N–H and O–H groups in total. The molecule has 0 aliphatic carbocycles. The Hall–Kier alpha value is -1.58. The second-order valence-electron chi connectivity index (χ2n) is 1.78. The first-order chi connectivity index (χ1) is 4.74. The van der Waals surface area contributed by atoms with E-state index in [0.29, 0.717) is 0 Å². The van der Waals surface area contributed by atoms with E-state index in [1.165, 1.54) is 12.1 Å². The highest BCUT2D eigenvalue weighted by molar-refractivity contribution is 5.52. The van der Waals surface area contributed by atoms with Crippen molar-refractivity contribution in [2.24, 2.45) is 5.11 Å². The van der Waals surface area contributed by atoms with E-state index < -0.39 is 0 Å². The smallest absolute Gasteiger partial charge is 0.146 e. The van der Waals surface area contributed by atoms with Gasteiger partial charge in [0.25, 0.3) is 0 Å². The summed E-state index contributed by atoms with van der Waals surface area (Å²) < 4.78 is 0. The zero-order valence-electron chi connectivity index (χ0n) is 5.07. The van der Waals surface area contributed by atoms with Gasteiger partial charge in [0.15, 0.2) is 0 Å². The summed E-state index contributed by atoms with van der Waals surface area (Å²) in [5.74, 6) is -0.222. The number of nitrogens with one attached hydrogen (secondary N) is 1. The van der Waals surface area contributed by atoms with Gasteiger partial charge in [-0.3, -0.25) is 0 Å². The van der Waals surface area contributed by atoms with Crippen molar-refractivity contribution in [1.82, 2.24) is 0 Å². The highest BCUT2D eigenvalue weighted by Gasteiger charge is 1.98. The maximum atomic E-state index is 8.92. The van der Waals surface area contributed by atoms with Crippen LogP contribution in [0.5, 0.6) is 11.5 Å². The Morgan fingerprint density at radius 3 is 2.50 bits per heavy atom. The summed E-state index contributed by atoms with van der Waals surface area (Å²) in [5, 5.41) is 20.7. The quantitative estimate of drug-likeness (QED) is 0.517. The Kier molecular flexibility index (Phi) is 1.53. The van der Waals surface area contributed by atoms with E-state index in [9.17, 15) is 0 Å². The first kappa shape index (κ1) is 6.54. The van der Waals surface area contributed by atoms with Gasteiger partial charge in [0.05, 0.1) is 0 Å². The number of aromatic hydroxyl groups is 2. The fraction of sp³-hybridized carbons (Fsp3) is 0. The third kappa shape index (κ3) is 1.05. The molecule has 0 bridgehead atoms. The summed E-state index contributed by atoms with van der Waals surface area (Å²) >= 11 is 0. The van der Waals surface area contributed by atoms with E-state index in [-0.39, 0.29) is 17.2 Å². The Morgan fingerprint density at radius 1 is 1.30 bits per heavy atom. The number of phenols is 2. The number of nitrogens with zero attached hydrogens (tertiary/aromatic N) is 1. The number of hydrogen-bond donors (Lipinski definition) is 3. The van der Waals surface area contributed by atoms with Crippen LogP contribution in [0.25, 0.3) is 0 Å². The normalized spacial score (nSPS) is 9.20. The topological polar surface area (TPSA) is 76.7 Å². The Labute approximate surface area is 57.3 Å². The zero-order valence-corrected chi connectivity index (χ0v) is 5.07. The van der Waals surface area contributed by atoms with Crippen molar-refractivity contribution in [1.29, 1.82) is 5.53 Å². The minimum atomic E-state index is -0.185. The van der Waals surface area contributed by atoms with E-state index in [0.717, 1.165) is 6.07 Å². The molecule has 0 saturated carbocycles. The number of rotatable bonds is 1. The number of hydrogen-bond acceptors (Lipinski definition) is 4. The summed E-state index contributed by atoms with van der Waals surface area (Å²) in [7, 11) is 0. The highest BCUT2D eigenvalue weighted by Crippen LogP contribution is 2.28. The molecular weight excluding hydrogens is 132 g/mol. The van der Waals surface area contributed by atoms with Gasteiger partial charge in [0.1, 0.15) is 17.2 Å². The van der Waals surface area contributed by atoms with Crippen molar-refractivity contribution in [2.75, 3.05) is 0 Å². The lowest BCUT2D eigenvalue weighted by molar-refractivity contribution is 0.451. The van der Waals surface area contributed by atoms with Gasteiger partial charge in [-0.15, -0.1) is 0 Å². The SMILES string of the molecule is N=Nc1ccc(O)cc1O. The first-order valence-electron chi connectivity index (χ1n) is 2.63. The van der Waals surface area contributed by atoms with Crippen molar-refractivity contribution < 1.29 is 10.2 Å². The van der Waals surface area contributed by atoms with Gasteiger partial charge >= 0.3 is 0 Å². The van der Waals surface area contributed by atoms with Crippen molar-refractivity contribution in [3.05, 3.63) is 18.2 Å². The van der Waals surface area contributed by atoms with Crippen LogP contribution in [0.2, 0.25) is 0 Å². The fourth-order valence-electron chi connectivity index (χ4n) is 0.606. The molecule has 0 spiro atoms. The van der Waals surface area contributed by atoms with Crippen molar-refractivity contribution in [3.63, 3.8) is 0 Å². The molecule has 0 fully saturated rings. The first-order valence-corrected chi connectivity index (χ1v) is 2.63. The Balaban J connectivity index is 3.19. The molecule has 0 heterocycles. The molecule has 4 heteroatoms. The Bertz CT molecular complexity index is 260. The van der Waals surface area contributed by atoms with Crippen LogP contribution >= 0.6 is 0 Å². The maximum Gasteiger partial charge on any atom is 0.146 e. The summed E-state index contributed by atoms with van der Waals surface area (Å²) in [5.41, 5.74) is 6.69. The molecule has 0 amide bonds. The number of phenolic OH excluding ortho intramolecular Hbond substituents is 2. The number of benzene rings is 1. The van der Waals surface area contributed by atoms with Gasteiger partial charge in [-0.1, -0.05) is 0 Å². The van der Waals surface area contributed by atoms with Crippen LogP contribution in [0.1, 0.15) is 0 Å². The minimum Gasteiger partial charge on any atom is -0.508 e. The Morgan fingerprint density at radius 2 is 2.00 bits per heavy atom. The second-order valence-corrected chi connectivity index (χ2v) is 1.78. The van der Waals surface area contributed by atoms with Crippen LogP contribution in [0, 0.1) is 5.53 Å². The summed E-state index contributed by atoms with van der Waals surface area (Å²) in [6, 6.07) is 3.85. The molecule has 4 nitrogen and oxygen atoms in total. The van der Waals surface area contributed by atoms with Crippen LogP contribution in [-0.2, 0) is 0 Å². The highest BCUT2D eigenvalue weighted by atomic mass is 16.3. The third-order valence-corrected chi connectivity index (χ3v) is 1.08. The van der Waals surface area contributed by atoms with Crippen LogP contribution in [0.4, 0.5) is 5.69 Å². The predicted octanol–water partition coefficient (Wildman–Crippen LogP) is 1.76. The van der Waals surface area contributed by atoms with E-state index >= 15 is 0 Å². The van der Waals surface area contributed by atoms with Crippen LogP contribution in [0.3, 0.4) is 0 Å². The van der Waals surface area contributed by atoms with Gasteiger partial charge in [-0.25, -0.2) is 5.53 Å². The molecule has 0 aromatic heterocycles. The van der Waals surface area contributed by atoms with Crippen LogP contribution in [0.15, 0.2) is 23.3 Å². The molecule has 0 saturated heterocycles. The van der Waals surface area contributed by atoms with Crippen LogP contribution < -0.4 is 0 Å². The standard InChI is InChI=1S/C6H6N2O2/c7-8-5-2-1-4(9)3-6(5)10/h1-3,7,9-10H. The molecule has 0 aliphatic heterocycles. The van der Waals surface area contributed by atoms with Crippen molar-refractivity contribution in [3.8, 4) is 11.5 Å². The predicted molar refractivity (Wildman–Crippen MR) is 34.6 cm³/mol. The molecule has 52 valence electrons. The zero-order chi connectivity index (χ0) is 7.56. The van der Waals surface area contributed by atoms with E-state index in [4.69, 9.17) is 15.7 Å². The van der Waals surface area contributed by atoms with E-state index in [1.807, 2.05) is 0 Å². The van der Waals surface area contributed by atoms with Crippen LogP contribution in [-0.4, -0.2) is 10.2 Å². The van der Waals surface area contributed by atoms with E-state index in [1.54, 1.807) is 0 Å². The average Bonchev–Trinajstić information content (AvgIpc) is 1.88. The molecule has 1 aromatic carbocycles. The van der Waals surface area contributed by atoms with Gasteiger partial charge in [0, 0.05) is 6.07 Å². The lowest BCUT2D eigenvalue weighted by Gasteiger charge is -1.95. The molecule has 0 atom stereocenters. The van der Waals surface area contributed by atoms with Gasteiger partial charge in [-0.05, 0) is 12.1 Å². The molecule has 0 radical (unpaired) electrons. The molecule has 0 unspecified atom stereocenters. The summed E-state index contributed by atoms with van der Waals surface area (Å²) in [6.07, 6.45) is 0. The largest absolute Gasteiger partial charge is 0.508 e. The van der Waals surface area contributed by atoms with Gasteiger partial charge in [0.2, 0.25) is 0 Å².